The average molecular weight is 452 g/mol. The molecular formula is C25H29N3O5. The molecule has 33 heavy (non-hydrogen) atoms. The van der Waals surface area contributed by atoms with E-state index in [0.717, 1.165) is 22.3 Å². The first-order valence-electron chi connectivity index (χ1n) is 11.0. The highest BCUT2D eigenvalue weighted by Gasteiger charge is 2.41. The quantitative estimate of drug-likeness (QED) is 0.740. The van der Waals surface area contributed by atoms with Crippen LogP contribution in [0.15, 0.2) is 48.5 Å². The van der Waals surface area contributed by atoms with E-state index in [0.29, 0.717) is 0 Å². The summed E-state index contributed by atoms with van der Waals surface area (Å²) in [5.74, 6) is -0.693. The second kappa shape index (κ2) is 8.77. The van der Waals surface area contributed by atoms with Crippen LogP contribution in [0.3, 0.4) is 0 Å². The summed E-state index contributed by atoms with van der Waals surface area (Å²) >= 11 is 0. The Labute approximate surface area is 193 Å². The standard InChI is InChI=1S/C25H29N3O5/c1-25(2,3)33-24(31)28-13-15(12-21(28)22(26)29)27-23(30)32-14-20-18-10-6-4-8-16(18)17-9-5-7-11-19(17)20/h4-11,15,20-21H,12-14H2,1-3H3,(H2,26,29)(H,27,30)/t15-,21-/m0/s1. The van der Waals surface area contributed by atoms with E-state index in [2.05, 4.69) is 29.6 Å². The lowest BCUT2D eigenvalue weighted by molar-refractivity contribution is -0.122. The molecule has 1 heterocycles. The Morgan fingerprint density at radius 1 is 1.03 bits per heavy atom. The van der Waals surface area contributed by atoms with Gasteiger partial charge >= 0.3 is 12.2 Å². The molecule has 0 spiro atoms. The second-order valence-electron chi connectivity index (χ2n) is 9.45. The highest BCUT2D eigenvalue weighted by atomic mass is 16.6. The van der Waals surface area contributed by atoms with Crippen LogP contribution >= 0.6 is 0 Å². The number of carbonyl (C=O) groups is 3. The SMILES string of the molecule is CC(C)(C)OC(=O)N1C[C@@H](NC(=O)OCC2c3ccccc3-c3ccccc32)C[C@H]1C(N)=O. The highest BCUT2D eigenvalue weighted by molar-refractivity contribution is 5.85. The van der Waals surface area contributed by atoms with Crippen molar-refractivity contribution in [3.63, 3.8) is 0 Å². The first kappa shape index (κ1) is 22.6. The van der Waals surface area contributed by atoms with Crippen LogP contribution in [0.5, 0.6) is 0 Å². The molecule has 174 valence electrons. The number of ether oxygens (including phenoxy) is 2. The van der Waals surface area contributed by atoms with Crippen LogP contribution in [0, 0.1) is 0 Å². The van der Waals surface area contributed by atoms with E-state index < -0.39 is 35.8 Å². The fourth-order valence-electron chi connectivity index (χ4n) is 4.54. The van der Waals surface area contributed by atoms with Gasteiger partial charge in [0.2, 0.25) is 5.91 Å². The number of fused-ring (bicyclic) bond motifs is 3. The molecule has 0 bridgehead atoms. The summed E-state index contributed by atoms with van der Waals surface area (Å²) in [5, 5.41) is 2.76. The molecule has 1 aliphatic carbocycles. The minimum Gasteiger partial charge on any atom is -0.449 e. The lowest BCUT2D eigenvalue weighted by Gasteiger charge is -2.27. The third kappa shape index (κ3) is 4.79. The van der Waals surface area contributed by atoms with Gasteiger partial charge in [-0.25, -0.2) is 9.59 Å². The second-order valence-corrected chi connectivity index (χ2v) is 9.45. The maximum atomic E-state index is 12.6. The van der Waals surface area contributed by atoms with E-state index in [9.17, 15) is 14.4 Å². The molecule has 0 unspecified atom stereocenters. The number of nitrogens with two attached hydrogens (primary N) is 1. The average Bonchev–Trinajstić information content (AvgIpc) is 3.31. The van der Waals surface area contributed by atoms with E-state index in [1.165, 1.54) is 4.90 Å². The molecule has 3 N–H and O–H groups in total. The number of carbonyl (C=O) groups excluding carboxylic acids is 3. The fourth-order valence-corrected chi connectivity index (χ4v) is 4.54. The molecule has 2 aliphatic rings. The van der Waals surface area contributed by atoms with E-state index in [1.54, 1.807) is 20.8 Å². The fraction of sp³-hybridized carbons (Fsp3) is 0.400. The number of rotatable bonds is 4. The lowest BCUT2D eigenvalue weighted by atomic mass is 9.98. The minimum absolute atomic E-state index is 0.0524. The Morgan fingerprint density at radius 3 is 2.15 bits per heavy atom. The van der Waals surface area contributed by atoms with Crippen LogP contribution in [0.2, 0.25) is 0 Å². The van der Waals surface area contributed by atoms with Crippen LogP contribution in [-0.2, 0) is 14.3 Å². The summed E-state index contributed by atoms with van der Waals surface area (Å²) in [5.41, 5.74) is 9.31. The Hall–Kier alpha value is -3.55. The molecule has 2 atom stereocenters. The van der Waals surface area contributed by atoms with E-state index in [-0.39, 0.29) is 25.5 Å². The Bertz CT molecular complexity index is 1030. The van der Waals surface area contributed by atoms with E-state index in [1.807, 2.05) is 24.3 Å². The van der Waals surface area contributed by atoms with Gasteiger partial charge in [0, 0.05) is 12.5 Å². The van der Waals surface area contributed by atoms with Gasteiger partial charge in [0.15, 0.2) is 0 Å². The smallest absolute Gasteiger partial charge is 0.411 e. The summed E-state index contributed by atoms with van der Waals surface area (Å²) < 4.78 is 10.9. The van der Waals surface area contributed by atoms with Gasteiger partial charge in [0.1, 0.15) is 18.2 Å². The predicted molar refractivity (Wildman–Crippen MR) is 123 cm³/mol. The maximum absolute atomic E-state index is 12.6. The largest absolute Gasteiger partial charge is 0.449 e. The van der Waals surface area contributed by atoms with Crippen molar-refractivity contribution in [1.29, 1.82) is 0 Å². The van der Waals surface area contributed by atoms with Gasteiger partial charge in [0.05, 0.1) is 6.04 Å². The van der Waals surface area contributed by atoms with Crippen LogP contribution in [0.1, 0.15) is 44.2 Å². The van der Waals surface area contributed by atoms with Gasteiger partial charge in [-0.1, -0.05) is 48.5 Å². The molecule has 0 saturated carbocycles. The van der Waals surface area contributed by atoms with Crippen molar-refractivity contribution in [1.82, 2.24) is 10.2 Å². The monoisotopic (exact) mass is 451 g/mol. The molecule has 8 heteroatoms. The zero-order valence-electron chi connectivity index (χ0n) is 19.0. The van der Waals surface area contributed by atoms with Crippen molar-refractivity contribution >= 4 is 18.1 Å². The van der Waals surface area contributed by atoms with Gasteiger partial charge in [-0.05, 0) is 49.4 Å². The molecule has 1 saturated heterocycles. The molecular weight excluding hydrogens is 422 g/mol. The zero-order valence-corrected chi connectivity index (χ0v) is 19.0. The number of alkyl carbamates (subject to hydrolysis) is 1. The van der Waals surface area contributed by atoms with E-state index >= 15 is 0 Å². The van der Waals surface area contributed by atoms with Gasteiger partial charge in [0.25, 0.3) is 0 Å². The normalized spacial score (nSPS) is 19.5. The first-order valence-corrected chi connectivity index (χ1v) is 11.0. The van der Waals surface area contributed by atoms with Crippen LogP contribution in [-0.4, -0.2) is 53.8 Å². The maximum Gasteiger partial charge on any atom is 0.411 e. The van der Waals surface area contributed by atoms with Crippen molar-refractivity contribution in [2.75, 3.05) is 13.2 Å². The molecule has 3 amide bonds. The van der Waals surface area contributed by atoms with Gasteiger partial charge < -0.3 is 20.5 Å². The van der Waals surface area contributed by atoms with Crippen LogP contribution in [0.4, 0.5) is 9.59 Å². The minimum atomic E-state index is -0.848. The number of nitrogens with zero attached hydrogens (tertiary/aromatic N) is 1. The first-order chi connectivity index (χ1) is 15.6. The number of amides is 3. The molecule has 0 radical (unpaired) electrons. The van der Waals surface area contributed by atoms with Crippen LogP contribution < -0.4 is 11.1 Å². The van der Waals surface area contributed by atoms with Gasteiger partial charge in [-0.2, -0.15) is 0 Å². The summed E-state index contributed by atoms with van der Waals surface area (Å²) in [6.45, 7) is 5.53. The summed E-state index contributed by atoms with van der Waals surface area (Å²) in [6.07, 6.45) is -1.03. The summed E-state index contributed by atoms with van der Waals surface area (Å²) in [4.78, 5) is 38.2. The highest BCUT2D eigenvalue weighted by Crippen LogP contribution is 2.44. The molecule has 0 aromatic heterocycles. The number of primary amides is 1. The Kier molecular flexibility index (Phi) is 6.01. The third-order valence-electron chi connectivity index (χ3n) is 5.92. The molecule has 2 aromatic carbocycles. The zero-order chi connectivity index (χ0) is 23.8. The van der Waals surface area contributed by atoms with Gasteiger partial charge in [-0.15, -0.1) is 0 Å². The molecule has 4 rings (SSSR count). The number of hydrogen-bond donors (Lipinski definition) is 2. The molecule has 1 aliphatic heterocycles. The Balaban J connectivity index is 1.39. The number of likely N-dealkylation sites (tertiary alicyclic amines) is 1. The van der Waals surface area contributed by atoms with Crippen LogP contribution in [0.25, 0.3) is 11.1 Å². The van der Waals surface area contributed by atoms with Crippen molar-refractivity contribution in [3.05, 3.63) is 59.7 Å². The number of hydrogen-bond acceptors (Lipinski definition) is 5. The van der Waals surface area contributed by atoms with E-state index in [4.69, 9.17) is 15.2 Å². The topological polar surface area (TPSA) is 111 Å². The molecule has 1 fully saturated rings. The van der Waals surface area contributed by atoms with Crippen molar-refractivity contribution in [3.8, 4) is 11.1 Å². The Morgan fingerprint density at radius 2 is 1.61 bits per heavy atom. The third-order valence-corrected chi connectivity index (χ3v) is 5.92. The lowest BCUT2D eigenvalue weighted by Crippen LogP contribution is -2.46. The summed E-state index contributed by atoms with van der Waals surface area (Å²) in [6, 6.07) is 14.9. The number of nitrogens with one attached hydrogen (secondary N) is 1. The van der Waals surface area contributed by atoms with Gasteiger partial charge in [-0.3, -0.25) is 9.69 Å². The van der Waals surface area contributed by atoms with Crippen molar-refractivity contribution in [2.45, 2.75) is 50.8 Å². The molecule has 2 aromatic rings. The van der Waals surface area contributed by atoms with Crippen molar-refractivity contribution < 1.29 is 23.9 Å². The molecule has 8 nitrogen and oxygen atoms in total. The van der Waals surface area contributed by atoms with Crippen molar-refractivity contribution in [2.24, 2.45) is 5.73 Å². The summed E-state index contributed by atoms with van der Waals surface area (Å²) in [7, 11) is 0. The predicted octanol–water partition coefficient (Wildman–Crippen LogP) is 3.39. The number of benzene rings is 2.